The van der Waals surface area contributed by atoms with Crippen molar-refractivity contribution < 1.29 is 18.0 Å². The van der Waals surface area contributed by atoms with Crippen molar-refractivity contribution in [2.24, 2.45) is 0 Å². The Kier molecular flexibility index (Phi) is 4.36. The maximum absolute atomic E-state index is 13.2. The summed E-state index contributed by atoms with van der Waals surface area (Å²) in [5.41, 5.74) is 8.70. The second kappa shape index (κ2) is 6.99. The van der Waals surface area contributed by atoms with E-state index in [1.54, 1.807) is 42.8 Å². The zero-order valence-corrected chi connectivity index (χ0v) is 14.4. The number of hydrogen-bond acceptors (Lipinski definition) is 4. The molecule has 0 aliphatic carbocycles. The maximum atomic E-state index is 13.2. The Morgan fingerprint density at radius 2 is 1.64 bits per heavy atom. The third-order valence-electron chi connectivity index (χ3n) is 4.09. The second-order valence-electron chi connectivity index (χ2n) is 6.03. The normalized spacial score (nSPS) is 10.8. The first-order chi connectivity index (χ1) is 13.5. The molecule has 0 bridgehead atoms. The van der Waals surface area contributed by atoms with E-state index in [1.807, 2.05) is 0 Å². The van der Waals surface area contributed by atoms with Gasteiger partial charge in [0.15, 0.2) is 0 Å². The average Bonchev–Trinajstić information content (AvgIpc) is 3.07. The average molecular weight is 380 g/mol. The summed E-state index contributed by atoms with van der Waals surface area (Å²) in [7, 11) is 0. The molecule has 0 saturated carbocycles. The monoisotopic (exact) mass is 380 g/mol. The van der Waals surface area contributed by atoms with Crippen LogP contribution in [-0.2, 0) is 0 Å². The molecule has 140 valence electrons. The molecule has 0 unspecified atom stereocenters. The summed E-state index contributed by atoms with van der Waals surface area (Å²) in [6.45, 7) is 0. The number of aromatic nitrogens is 1. The number of urea groups is 1. The molecule has 8 heteroatoms. The molecule has 0 saturated heterocycles. The number of halogens is 2. The third kappa shape index (κ3) is 3.48. The van der Waals surface area contributed by atoms with Gasteiger partial charge in [0.05, 0.1) is 11.6 Å². The lowest BCUT2D eigenvalue weighted by molar-refractivity contribution is 0.262. The number of amides is 2. The van der Waals surface area contributed by atoms with Crippen molar-refractivity contribution in [3.8, 4) is 11.1 Å². The minimum Gasteiger partial charge on any atom is -0.463 e. The molecule has 2 aromatic carbocycles. The zero-order valence-electron chi connectivity index (χ0n) is 14.4. The molecule has 2 aromatic heterocycles. The molecule has 0 aliphatic rings. The van der Waals surface area contributed by atoms with E-state index >= 15 is 0 Å². The fourth-order valence-corrected chi connectivity index (χ4v) is 2.87. The number of fused-ring (bicyclic) bond motifs is 1. The lowest BCUT2D eigenvalue weighted by atomic mass is 10.1. The van der Waals surface area contributed by atoms with E-state index in [-0.39, 0.29) is 5.69 Å². The topological polar surface area (TPSA) is 93.2 Å². The van der Waals surface area contributed by atoms with E-state index in [0.717, 1.165) is 29.3 Å². The van der Waals surface area contributed by atoms with Gasteiger partial charge >= 0.3 is 6.03 Å². The standard InChI is InChI=1S/C20H14F2N4O2/c21-12-7-13(22)9-15(8-12)26-20(27)25-14-3-1-11(2-4-14)16-10-28-17-5-6-24-19(23)18(16)17/h1-10H,(H2,23,24)(H2,25,26,27). The number of carbonyl (C=O) groups is 1. The van der Waals surface area contributed by atoms with Crippen molar-refractivity contribution in [3.05, 3.63) is 72.6 Å². The summed E-state index contributed by atoms with van der Waals surface area (Å²) in [5.74, 6) is -1.19. The van der Waals surface area contributed by atoms with Crippen LogP contribution in [0, 0.1) is 11.6 Å². The lowest BCUT2D eigenvalue weighted by Crippen LogP contribution is -2.19. The third-order valence-corrected chi connectivity index (χ3v) is 4.09. The number of nitrogens with one attached hydrogen (secondary N) is 2. The number of nitrogens with zero attached hydrogens (tertiary/aromatic N) is 1. The minimum atomic E-state index is -0.777. The van der Waals surface area contributed by atoms with Gasteiger partial charge in [-0.25, -0.2) is 18.6 Å². The van der Waals surface area contributed by atoms with Crippen molar-refractivity contribution in [2.45, 2.75) is 0 Å². The molecule has 6 nitrogen and oxygen atoms in total. The molecule has 2 amide bonds. The van der Waals surface area contributed by atoms with Crippen LogP contribution >= 0.6 is 0 Å². The molecule has 28 heavy (non-hydrogen) atoms. The molecule has 0 atom stereocenters. The summed E-state index contributed by atoms with van der Waals surface area (Å²) in [6, 6.07) is 10.8. The molecule has 4 N–H and O–H groups in total. The van der Waals surface area contributed by atoms with Crippen LogP contribution in [0.3, 0.4) is 0 Å². The Labute approximate surface area is 158 Å². The number of hydrogen-bond donors (Lipinski definition) is 3. The van der Waals surface area contributed by atoms with Gasteiger partial charge in [-0.15, -0.1) is 0 Å². The van der Waals surface area contributed by atoms with Crippen LogP contribution in [0.15, 0.2) is 65.4 Å². The Morgan fingerprint density at radius 1 is 0.964 bits per heavy atom. The predicted octanol–water partition coefficient (Wildman–Crippen LogP) is 5.00. The molecular weight excluding hydrogens is 366 g/mol. The van der Waals surface area contributed by atoms with Crippen LogP contribution in [0.5, 0.6) is 0 Å². The molecule has 0 aliphatic heterocycles. The quantitative estimate of drug-likeness (QED) is 0.466. The van der Waals surface area contributed by atoms with Crippen molar-refractivity contribution >= 4 is 34.2 Å². The molecule has 0 radical (unpaired) electrons. The molecule has 4 aromatic rings. The number of anilines is 3. The molecular formula is C20H14F2N4O2. The predicted molar refractivity (Wildman–Crippen MR) is 103 cm³/mol. The first-order valence-electron chi connectivity index (χ1n) is 8.26. The van der Waals surface area contributed by atoms with E-state index in [2.05, 4.69) is 15.6 Å². The van der Waals surface area contributed by atoms with E-state index in [1.165, 1.54) is 0 Å². The van der Waals surface area contributed by atoms with Crippen molar-refractivity contribution in [1.82, 2.24) is 4.98 Å². The largest absolute Gasteiger partial charge is 0.463 e. The molecule has 2 heterocycles. The van der Waals surface area contributed by atoms with Crippen LogP contribution in [0.4, 0.5) is 30.8 Å². The van der Waals surface area contributed by atoms with Crippen LogP contribution in [0.2, 0.25) is 0 Å². The Bertz CT molecular complexity index is 1150. The zero-order chi connectivity index (χ0) is 19.7. The first kappa shape index (κ1) is 17.5. The Hall–Kier alpha value is -3.94. The summed E-state index contributed by atoms with van der Waals surface area (Å²) >= 11 is 0. The maximum Gasteiger partial charge on any atom is 0.323 e. The first-order valence-corrected chi connectivity index (χ1v) is 8.26. The summed E-state index contributed by atoms with van der Waals surface area (Å²) in [6.07, 6.45) is 3.16. The highest BCUT2D eigenvalue weighted by molar-refractivity contribution is 6.02. The highest BCUT2D eigenvalue weighted by Gasteiger charge is 2.12. The highest BCUT2D eigenvalue weighted by atomic mass is 19.1. The van der Waals surface area contributed by atoms with Crippen molar-refractivity contribution in [1.29, 1.82) is 0 Å². The number of rotatable bonds is 3. The number of nitrogen functional groups attached to an aromatic ring is 1. The van der Waals surface area contributed by atoms with Gasteiger partial charge < -0.3 is 20.8 Å². The van der Waals surface area contributed by atoms with Crippen LogP contribution in [0.25, 0.3) is 22.1 Å². The van der Waals surface area contributed by atoms with Crippen molar-refractivity contribution in [2.75, 3.05) is 16.4 Å². The lowest BCUT2D eigenvalue weighted by Gasteiger charge is -2.09. The number of pyridine rings is 1. The van der Waals surface area contributed by atoms with E-state index < -0.39 is 17.7 Å². The van der Waals surface area contributed by atoms with E-state index in [9.17, 15) is 13.6 Å². The fourth-order valence-electron chi connectivity index (χ4n) is 2.87. The second-order valence-corrected chi connectivity index (χ2v) is 6.03. The molecule has 4 rings (SSSR count). The summed E-state index contributed by atoms with van der Waals surface area (Å²) < 4.78 is 31.9. The number of benzene rings is 2. The number of carbonyl (C=O) groups excluding carboxylic acids is 1. The van der Waals surface area contributed by atoms with Gasteiger partial charge in [-0.1, -0.05) is 12.1 Å². The summed E-state index contributed by atoms with van der Waals surface area (Å²) in [5, 5.41) is 5.69. The van der Waals surface area contributed by atoms with Crippen LogP contribution in [-0.4, -0.2) is 11.0 Å². The van der Waals surface area contributed by atoms with Gasteiger partial charge in [0.25, 0.3) is 0 Å². The van der Waals surface area contributed by atoms with E-state index in [4.69, 9.17) is 10.2 Å². The van der Waals surface area contributed by atoms with Gasteiger partial charge in [0.1, 0.15) is 23.0 Å². The van der Waals surface area contributed by atoms with Gasteiger partial charge in [0, 0.05) is 29.2 Å². The fraction of sp³-hybridized carbons (Fsp3) is 0. The van der Waals surface area contributed by atoms with Crippen LogP contribution in [0.1, 0.15) is 0 Å². The number of nitrogens with two attached hydrogens (primary N) is 1. The van der Waals surface area contributed by atoms with Gasteiger partial charge in [-0.05, 0) is 35.9 Å². The van der Waals surface area contributed by atoms with Gasteiger partial charge in [0.2, 0.25) is 0 Å². The Morgan fingerprint density at radius 3 is 2.36 bits per heavy atom. The Balaban J connectivity index is 1.51. The smallest absolute Gasteiger partial charge is 0.323 e. The van der Waals surface area contributed by atoms with Crippen molar-refractivity contribution in [3.63, 3.8) is 0 Å². The number of furan rings is 1. The van der Waals surface area contributed by atoms with E-state index in [0.29, 0.717) is 22.5 Å². The van der Waals surface area contributed by atoms with Gasteiger partial charge in [-0.3, -0.25) is 0 Å². The highest BCUT2D eigenvalue weighted by Crippen LogP contribution is 2.33. The minimum absolute atomic E-state index is 0.0134. The van der Waals surface area contributed by atoms with Gasteiger partial charge in [-0.2, -0.15) is 0 Å². The summed E-state index contributed by atoms with van der Waals surface area (Å²) in [4.78, 5) is 16.1. The van der Waals surface area contributed by atoms with Crippen LogP contribution < -0.4 is 16.4 Å². The SMILES string of the molecule is Nc1nccc2occ(-c3ccc(NC(=O)Nc4cc(F)cc(F)c4)cc3)c12. The molecule has 0 spiro atoms. The molecule has 0 fully saturated rings.